The molecule has 0 bridgehead atoms. The van der Waals surface area contributed by atoms with Crippen LogP contribution < -0.4 is 14.4 Å². The van der Waals surface area contributed by atoms with E-state index in [2.05, 4.69) is 4.98 Å². The van der Waals surface area contributed by atoms with Crippen LogP contribution in [0, 0.1) is 6.92 Å². The van der Waals surface area contributed by atoms with Gasteiger partial charge >= 0.3 is 5.91 Å². The highest BCUT2D eigenvalue weighted by Gasteiger charge is 2.48. The quantitative estimate of drug-likeness (QED) is 0.245. The lowest BCUT2D eigenvalue weighted by Gasteiger charge is -2.22. The molecule has 0 aliphatic carbocycles. The molecule has 9 heteroatoms. The Hall–Kier alpha value is -3.69. The molecule has 170 valence electrons. The summed E-state index contributed by atoms with van der Waals surface area (Å²) in [6.07, 6.45) is 0. The van der Waals surface area contributed by atoms with Gasteiger partial charge in [-0.15, -0.1) is 11.3 Å². The summed E-state index contributed by atoms with van der Waals surface area (Å²) in [5.74, 6) is -0.663. The zero-order valence-corrected chi connectivity index (χ0v) is 19.6. The number of nitrogens with zero attached hydrogens (tertiary/aromatic N) is 2. The number of carbonyl (C=O) groups is 2. The Morgan fingerprint density at radius 1 is 1.09 bits per heavy atom. The van der Waals surface area contributed by atoms with Crippen molar-refractivity contribution >= 4 is 55.5 Å². The Kier molecular flexibility index (Phi) is 4.89. The van der Waals surface area contributed by atoms with Crippen molar-refractivity contribution < 1.29 is 24.2 Å². The van der Waals surface area contributed by atoms with E-state index in [1.807, 2.05) is 42.6 Å². The number of aryl methyl sites for hydroxylation is 1. The maximum atomic E-state index is 13.3. The second-order valence-electron chi connectivity index (χ2n) is 8.01. The summed E-state index contributed by atoms with van der Waals surface area (Å²) in [5, 5.41) is 13.6. The van der Waals surface area contributed by atoms with E-state index >= 15 is 0 Å². The molecule has 1 fully saturated rings. The summed E-state index contributed by atoms with van der Waals surface area (Å²) in [6.45, 7) is 2.83. The third-order valence-electron chi connectivity index (χ3n) is 5.81. The molecular formula is C25H18N2O5S2. The van der Waals surface area contributed by atoms with Gasteiger partial charge in [0.05, 0.1) is 15.8 Å². The fourth-order valence-electron chi connectivity index (χ4n) is 4.21. The number of rotatable bonds is 3. The van der Waals surface area contributed by atoms with Crippen LogP contribution in [-0.4, -0.2) is 35.0 Å². The van der Waals surface area contributed by atoms with Gasteiger partial charge in [-0.1, -0.05) is 23.5 Å². The number of carbonyl (C=O) groups excluding carboxylic acids is 2. The monoisotopic (exact) mass is 490 g/mol. The smallest absolute Gasteiger partial charge is 0.301 e. The SMILES string of the molecule is Cc1ccc2nc(N3C(=O)C(=O)C(=C(O)c4ccc5c(c4)OCCO5)[C@H]3c3cccs3)sc2c1. The molecule has 0 radical (unpaired) electrons. The fourth-order valence-corrected chi connectivity index (χ4v) is 6.13. The van der Waals surface area contributed by atoms with Crippen molar-refractivity contribution in [2.24, 2.45) is 0 Å². The number of aliphatic hydroxyl groups excluding tert-OH is 1. The number of aliphatic hydroxyl groups is 1. The summed E-state index contributed by atoms with van der Waals surface area (Å²) >= 11 is 2.76. The molecule has 0 unspecified atom stereocenters. The Labute approximate surface area is 202 Å². The molecule has 1 N–H and O–H groups in total. The predicted molar refractivity (Wildman–Crippen MR) is 131 cm³/mol. The number of amides is 1. The average Bonchev–Trinajstić information content (AvgIpc) is 3.57. The van der Waals surface area contributed by atoms with Gasteiger partial charge in [0.25, 0.3) is 5.78 Å². The second-order valence-corrected chi connectivity index (χ2v) is 10.00. The first-order chi connectivity index (χ1) is 16.5. The van der Waals surface area contributed by atoms with E-state index in [0.717, 1.165) is 20.7 Å². The highest BCUT2D eigenvalue weighted by molar-refractivity contribution is 7.22. The van der Waals surface area contributed by atoms with Crippen LogP contribution in [0.25, 0.3) is 16.0 Å². The molecule has 2 aliphatic rings. The van der Waals surface area contributed by atoms with Gasteiger partial charge in [0.1, 0.15) is 25.0 Å². The van der Waals surface area contributed by atoms with Crippen LogP contribution in [0.5, 0.6) is 11.5 Å². The van der Waals surface area contributed by atoms with Crippen molar-refractivity contribution in [2.75, 3.05) is 18.1 Å². The molecule has 2 aromatic carbocycles. The first-order valence-electron chi connectivity index (χ1n) is 10.6. The van der Waals surface area contributed by atoms with Crippen molar-refractivity contribution in [3.8, 4) is 11.5 Å². The molecule has 1 saturated heterocycles. The van der Waals surface area contributed by atoms with Crippen LogP contribution in [-0.2, 0) is 9.59 Å². The van der Waals surface area contributed by atoms with E-state index in [9.17, 15) is 14.7 Å². The van der Waals surface area contributed by atoms with Gasteiger partial charge in [-0.2, -0.15) is 0 Å². The molecule has 34 heavy (non-hydrogen) atoms. The maximum absolute atomic E-state index is 13.3. The van der Waals surface area contributed by atoms with Gasteiger partial charge in [-0.25, -0.2) is 4.98 Å². The van der Waals surface area contributed by atoms with Crippen molar-refractivity contribution in [1.29, 1.82) is 0 Å². The largest absolute Gasteiger partial charge is 0.507 e. The molecule has 0 saturated carbocycles. The average molecular weight is 491 g/mol. The number of hydrogen-bond acceptors (Lipinski definition) is 8. The molecule has 7 nitrogen and oxygen atoms in total. The van der Waals surface area contributed by atoms with Gasteiger partial charge in [0.2, 0.25) is 0 Å². The minimum Gasteiger partial charge on any atom is -0.507 e. The van der Waals surface area contributed by atoms with E-state index < -0.39 is 17.7 Å². The number of thiazole rings is 1. The molecule has 4 aromatic rings. The van der Waals surface area contributed by atoms with Gasteiger partial charge in [-0.05, 0) is 54.3 Å². The van der Waals surface area contributed by atoms with Gasteiger partial charge < -0.3 is 14.6 Å². The maximum Gasteiger partial charge on any atom is 0.301 e. The van der Waals surface area contributed by atoms with Crippen LogP contribution in [0.1, 0.15) is 22.0 Å². The first-order valence-corrected chi connectivity index (χ1v) is 12.3. The summed E-state index contributed by atoms with van der Waals surface area (Å²) in [4.78, 5) is 33.4. The number of fused-ring (bicyclic) bond motifs is 2. The van der Waals surface area contributed by atoms with Crippen LogP contribution in [0.15, 0.2) is 59.5 Å². The number of hydrogen-bond donors (Lipinski definition) is 1. The van der Waals surface area contributed by atoms with E-state index in [1.165, 1.54) is 27.6 Å². The molecular weight excluding hydrogens is 472 g/mol. The molecule has 1 amide bonds. The van der Waals surface area contributed by atoms with E-state index in [1.54, 1.807) is 18.2 Å². The fraction of sp³-hybridized carbons (Fsp3) is 0.160. The molecule has 0 spiro atoms. The molecule has 1 atom stereocenters. The Balaban J connectivity index is 1.52. The predicted octanol–water partition coefficient (Wildman–Crippen LogP) is 5.06. The van der Waals surface area contributed by atoms with E-state index in [4.69, 9.17) is 9.47 Å². The number of Topliss-reactive ketones (excluding diaryl/α,β-unsaturated/α-hetero) is 1. The van der Waals surface area contributed by atoms with Crippen LogP contribution in [0.4, 0.5) is 5.13 Å². The highest BCUT2D eigenvalue weighted by atomic mass is 32.1. The van der Waals surface area contributed by atoms with Crippen molar-refractivity contribution in [2.45, 2.75) is 13.0 Å². The Bertz CT molecular complexity index is 1490. The van der Waals surface area contributed by atoms with Crippen molar-refractivity contribution in [3.05, 3.63) is 75.5 Å². The molecule has 6 rings (SSSR count). The summed E-state index contributed by atoms with van der Waals surface area (Å²) in [5.41, 5.74) is 2.24. The topological polar surface area (TPSA) is 89.0 Å². The number of aromatic nitrogens is 1. The lowest BCUT2D eigenvalue weighted by molar-refractivity contribution is -0.132. The van der Waals surface area contributed by atoms with Gasteiger partial charge in [-0.3, -0.25) is 14.5 Å². The van der Waals surface area contributed by atoms with E-state index in [0.29, 0.717) is 35.4 Å². The molecule has 2 aromatic heterocycles. The number of benzene rings is 2. The minimum absolute atomic E-state index is 0.0274. The molecule has 2 aliphatic heterocycles. The first kappa shape index (κ1) is 20.9. The lowest BCUT2D eigenvalue weighted by Crippen LogP contribution is -2.28. The zero-order chi connectivity index (χ0) is 23.4. The summed E-state index contributed by atoms with van der Waals surface area (Å²) in [7, 11) is 0. The summed E-state index contributed by atoms with van der Waals surface area (Å²) < 4.78 is 12.1. The van der Waals surface area contributed by atoms with Gasteiger partial charge in [0.15, 0.2) is 16.6 Å². The number of thiophene rings is 1. The third kappa shape index (κ3) is 3.27. The van der Waals surface area contributed by atoms with E-state index in [-0.39, 0.29) is 11.3 Å². The van der Waals surface area contributed by atoms with Crippen molar-refractivity contribution in [3.63, 3.8) is 0 Å². The second kappa shape index (κ2) is 7.96. The normalized spacial score (nSPS) is 19.2. The molecule has 4 heterocycles. The number of ether oxygens (including phenoxy) is 2. The van der Waals surface area contributed by atoms with Crippen molar-refractivity contribution in [1.82, 2.24) is 4.98 Å². The third-order valence-corrected chi connectivity index (χ3v) is 7.75. The Morgan fingerprint density at radius 2 is 1.91 bits per heavy atom. The number of ketones is 1. The summed E-state index contributed by atoms with van der Waals surface area (Å²) in [6, 6.07) is 13.8. The standard InChI is InChI=1S/C25H18N2O5S2/c1-13-4-6-15-19(11-13)34-25(26-15)27-21(18-3-2-10-33-18)20(23(29)24(27)30)22(28)14-5-7-16-17(12-14)32-9-8-31-16/h2-7,10-12,21,28H,8-9H2,1H3/t21-/m1/s1. The number of anilines is 1. The van der Waals surface area contributed by atoms with Gasteiger partial charge in [0, 0.05) is 10.4 Å². The zero-order valence-electron chi connectivity index (χ0n) is 18.0. The lowest BCUT2D eigenvalue weighted by atomic mass is 9.99. The minimum atomic E-state index is -0.783. The Morgan fingerprint density at radius 3 is 2.71 bits per heavy atom. The highest BCUT2D eigenvalue weighted by Crippen LogP contribution is 2.46. The van der Waals surface area contributed by atoms with Crippen LogP contribution in [0.2, 0.25) is 0 Å². The van der Waals surface area contributed by atoms with Crippen LogP contribution in [0.3, 0.4) is 0 Å². The van der Waals surface area contributed by atoms with Crippen LogP contribution >= 0.6 is 22.7 Å².